The lowest BCUT2D eigenvalue weighted by Gasteiger charge is -2.18. The van der Waals surface area contributed by atoms with Crippen LogP contribution in [0, 0.1) is 6.92 Å². The molecule has 0 fully saturated rings. The van der Waals surface area contributed by atoms with Crippen LogP contribution >= 0.6 is 0 Å². The smallest absolute Gasteiger partial charge is 0.416 e. The Morgan fingerprint density at radius 3 is 2.42 bits per heavy atom. The molecule has 2 aromatic carbocycles. The Labute approximate surface area is 175 Å². The number of hydrogen-bond donors (Lipinski definition) is 1. The third-order valence-electron chi connectivity index (χ3n) is 4.62. The Morgan fingerprint density at radius 1 is 1.13 bits per heavy atom. The van der Waals surface area contributed by atoms with Gasteiger partial charge in [-0.2, -0.15) is 13.2 Å². The van der Waals surface area contributed by atoms with Gasteiger partial charge in [-0.3, -0.25) is 4.79 Å². The predicted molar refractivity (Wildman–Crippen MR) is 103 cm³/mol. The second-order valence-corrected chi connectivity index (χ2v) is 6.72. The fourth-order valence-electron chi connectivity index (χ4n) is 3.18. The highest BCUT2D eigenvalue weighted by Crippen LogP contribution is 2.40. The lowest BCUT2D eigenvalue weighted by Crippen LogP contribution is -2.12. The topological polar surface area (TPSA) is 94.7 Å². The summed E-state index contributed by atoms with van der Waals surface area (Å²) in [5.74, 6) is -1.42. The standard InChI is InChI=1S/C21H19F3N2O5/c1-11-25-26-20(31-11)17(10-19(27)28)13-6-12(7-14(8-13)21(22,23)24)16-5-4-15(29-2)9-18(16)30-3/h4-9,17H,10H2,1-3H3,(H,27,28). The summed E-state index contributed by atoms with van der Waals surface area (Å²) < 4.78 is 56.8. The maximum absolute atomic E-state index is 13.7. The van der Waals surface area contributed by atoms with E-state index in [0.29, 0.717) is 17.1 Å². The van der Waals surface area contributed by atoms with Gasteiger partial charge < -0.3 is 19.0 Å². The SMILES string of the molecule is COc1ccc(-c2cc(C(CC(=O)O)c3nnc(C)o3)cc(C(F)(F)F)c2)c(OC)c1. The lowest BCUT2D eigenvalue weighted by atomic mass is 9.90. The molecule has 0 amide bonds. The minimum Gasteiger partial charge on any atom is -0.497 e. The van der Waals surface area contributed by atoms with E-state index in [0.717, 1.165) is 12.1 Å². The molecular formula is C21H19F3N2O5. The molecular weight excluding hydrogens is 417 g/mol. The Morgan fingerprint density at radius 2 is 1.87 bits per heavy atom. The number of aromatic nitrogens is 2. The Kier molecular flexibility index (Phi) is 6.19. The first kappa shape index (κ1) is 22.1. The van der Waals surface area contributed by atoms with Crippen LogP contribution in [0.1, 0.15) is 35.2 Å². The largest absolute Gasteiger partial charge is 0.497 e. The quantitative estimate of drug-likeness (QED) is 0.574. The van der Waals surface area contributed by atoms with Gasteiger partial charge in [0.1, 0.15) is 11.5 Å². The molecule has 7 nitrogen and oxygen atoms in total. The van der Waals surface area contributed by atoms with Gasteiger partial charge in [-0.05, 0) is 35.4 Å². The maximum Gasteiger partial charge on any atom is 0.416 e. The molecule has 0 aliphatic carbocycles. The summed E-state index contributed by atoms with van der Waals surface area (Å²) >= 11 is 0. The highest BCUT2D eigenvalue weighted by atomic mass is 19.4. The van der Waals surface area contributed by atoms with Crippen molar-refractivity contribution < 1.29 is 37.0 Å². The first-order valence-corrected chi connectivity index (χ1v) is 9.08. The fraction of sp³-hybridized carbons (Fsp3) is 0.286. The molecule has 0 radical (unpaired) electrons. The minimum absolute atomic E-state index is 0.0770. The summed E-state index contributed by atoms with van der Waals surface area (Å²) in [6.07, 6.45) is -5.19. The number of carboxylic acid groups (broad SMARTS) is 1. The molecule has 0 saturated heterocycles. The number of carbonyl (C=O) groups is 1. The van der Waals surface area contributed by atoms with Crippen LogP contribution in [0.15, 0.2) is 40.8 Å². The number of ether oxygens (including phenoxy) is 2. The fourth-order valence-corrected chi connectivity index (χ4v) is 3.18. The molecule has 0 bridgehead atoms. The van der Waals surface area contributed by atoms with E-state index < -0.39 is 30.0 Å². The lowest BCUT2D eigenvalue weighted by molar-refractivity contribution is -0.138. The number of hydrogen-bond acceptors (Lipinski definition) is 6. The molecule has 1 aromatic heterocycles. The molecule has 10 heteroatoms. The second kappa shape index (κ2) is 8.66. The van der Waals surface area contributed by atoms with Gasteiger partial charge in [0.25, 0.3) is 0 Å². The number of benzene rings is 2. The Bertz CT molecular complexity index is 1090. The van der Waals surface area contributed by atoms with Gasteiger partial charge in [0.15, 0.2) is 0 Å². The zero-order valence-corrected chi connectivity index (χ0v) is 16.9. The van der Waals surface area contributed by atoms with Gasteiger partial charge in [-0.15, -0.1) is 10.2 Å². The van der Waals surface area contributed by atoms with Gasteiger partial charge in [-0.1, -0.05) is 6.07 Å². The van der Waals surface area contributed by atoms with Crippen LogP contribution in [0.2, 0.25) is 0 Å². The van der Waals surface area contributed by atoms with Crippen LogP contribution in [0.3, 0.4) is 0 Å². The highest BCUT2D eigenvalue weighted by Gasteiger charge is 2.33. The average molecular weight is 436 g/mol. The van der Waals surface area contributed by atoms with Crippen molar-refractivity contribution in [2.24, 2.45) is 0 Å². The first-order valence-electron chi connectivity index (χ1n) is 9.08. The Hall–Kier alpha value is -3.56. The highest BCUT2D eigenvalue weighted by molar-refractivity contribution is 5.74. The second-order valence-electron chi connectivity index (χ2n) is 6.72. The van der Waals surface area contributed by atoms with Crippen molar-refractivity contribution in [1.29, 1.82) is 0 Å². The number of methoxy groups -OCH3 is 2. The average Bonchev–Trinajstić information content (AvgIpc) is 3.16. The third kappa shape index (κ3) is 4.96. The third-order valence-corrected chi connectivity index (χ3v) is 4.62. The van der Waals surface area contributed by atoms with Crippen LogP contribution in [0.25, 0.3) is 11.1 Å². The van der Waals surface area contributed by atoms with E-state index in [9.17, 15) is 23.1 Å². The van der Waals surface area contributed by atoms with Crippen molar-refractivity contribution in [3.05, 3.63) is 59.3 Å². The van der Waals surface area contributed by atoms with Crippen LogP contribution < -0.4 is 9.47 Å². The predicted octanol–water partition coefficient (Wildman–Crippen LogP) is 4.69. The zero-order valence-electron chi connectivity index (χ0n) is 16.9. The molecule has 3 aromatic rings. The van der Waals surface area contributed by atoms with Gasteiger partial charge in [0, 0.05) is 18.6 Å². The number of nitrogens with zero attached hydrogens (tertiary/aromatic N) is 2. The zero-order chi connectivity index (χ0) is 22.8. The molecule has 0 spiro atoms. The van der Waals surface area contributed by atoms with Gasteiger partial charge in [0.2, 0.25) is 11.8 Å². The first-order chi connectivity index (χ1) is 14.6. The summed E-state index contributed by atoms with van der Waals surface area (Å²) in [5.41, 5.74) is -0.291. The van der Waals surface area contributed by atoms with Crippen molar-refractivity contribution in [2.45, 2.75) is 25.4 Å². The Balaban J connectivity index is 2.23. The summed E-state index contributed by atoms with van der Waals surface area (Å²) in [5, 5.41) is 16.8. The molecule has 0 aliphatic heterocycles. The van der Waals surface area contributed by atoms with Gasteiger partial charge in [0.05, 0.1) is 32.1 Å². The van der Waals surface area contributed by atoms with E-state index in [4.69, 9.17) is 13.9 Å². The molecule has 1 N–H and O–H groups in total. The van der Waals surface area contributed by atoms with Crippen molar-refractivity contribution in [3.8, 4) is 22.6 Å². The van der Waals surface area contributed by atoms with Crippen LogP contribution in [-0.2, 0) is 11.0 Å². The number of aliphatic carboxylic acids is 1. The van der Waals surface area contributed by atoms with E-state index in [2.05, 4.69) is 10.2 Å². The molecule has 1 heterocycles. The number of halogens is 3. The van der Waals surface area contributed by atoms with Crippen molar-refractivity contribution >= 4 is 5.97 Å². The number of aryl methyl sites for hydroxylation is 1. The summed E-state index contributed by atoms with van der Waals surface area (Å²) in [7, 11) is 2.85. The van der Waals surface area contributed by atoms with Crippen LogP contribution in [-0.4, -0.2) is 35.5 Å². The molecule has 3 rings (SSSR count). The van der Waals surface area contributed by atoms with Crippen LogP contribution in [0.5, 0.6) is 11.5 Å². The molecule has 1 unspecified atom stereocenters. The van der Waals surface area contributed by atoms with E-state index >= 15 is 0 Å². The van der Waals surface area contributed by atoms with E-state index in [1.807, 2.05) is 0 Å². The van der Waals surface area contributed by atoms with Gasteiger partial charge in [-0.25, -0.2) is 0 Å². The summed E-state index contributed by atoms with van der Waals surface area (Å²) in [4.78, 5) is 11.4. The van der Waals surface area contributed by atoms with Gasteiger partial charge >= 0.3 is 12.1 Å². The number of rotatable bonds is 7. The number of carboxylic acids is 1. The molecule has 164 valence electrons. The summed E-state index contributed by atoms with van der Waals surface area (Å²) in [6.45, 7) is 1.51. The summed E-state index contributed by atoms with van der Waals surface area (Å²) in [6, 6.07) is 8.04. The van der Waals surface area contributed by atoms with E-state index in [1.54, 1.807) is 18.2 Å². The van der Waals surface area contributed by atoms with Crippen molar-refractivity contribution in [3.63, 3.8) is 0 Å². The number of alkyl halides is 3. The minimum atomic E-state index is -4.66. The molecule has 31 heavy (non-hydrogen) atoms. The molecule has 0 saturated carbocycles. The molecule has 0 aliphatic rings. The van der Waals surface area contributed by atoms with E-state index in [1.165, 1.54) is 27.2 Å². The van der Waals surface area contributed by atoms with Crippen molar-refractivity contribution in [1.82, 2.24) is 10.2 Å². The van der Waals surface area contributed by atoms with E-state index in [-0.39, 0.29) is 22.9 Å². The van der Waals surface area contributed by atoms with Crippen molar-refractivity contribution in [2.75, 3.05) is 14.2 Å². The monoisotopic (exact) mass is 436 g/mol. The normalized spacial score (nSPS) is 12.5. The van der Waals surface area contributed by atoms with Crippen LogP contribution in [0.4, 0.5) is 13.2 Å². The molecule has 1 atom stereocenters. The maximum atomic E-state index is 13.7.